The third kappa shape index (κ3) is 3.58. The molecule has 0 aliphatic carbocycles. The Kier molecular flexibility index (Phi) is 4.82. The van der Waals surface area contributed by atoms with E-state index < -0.39 is 6.16 Å². The van der Waals surface area contributed by atoms with Crippen molar-refractivity contribution in [1.82, 2.24) is 9.78 Å². The van der Waals surface area contributed by atoms with Crippen molar-refractivity contribution in [3.63, 3.8) is 0 Å². The van der Waals surface area contributed by atoms with Gasteiger partial charge in [-0.05, 0) is 25.1 Å². The number of benzene rings is 2. The van der Waals surface area contributed by atoms with Crippen LogP contribution in [0.5, 0.6) is 5.88 Å². The molecule has 0 bridgehead atoms. The van der Waals surface area contributed by atoms with Gasteiger partial charge >= 0.3 is 6.16 Å². The number of nitrogens with zero attached hydrogens (tertiary/aromatic N) is 2. The lowest BCUT2D eigenvalue weighted by Crippen LogP contribution is -2.10. The maximum atomic E-state index is 11.5. The fraction of sp³-hybridized carbons (Fsp3) is 0.111. The highest BCUT2D eigenvalue weighted by molar-refractivity contribution is 6.30. The number of carbonyl (C=O) groups excluding carboxylic acids is 1. The van der Waals surface area contributed by atoms with Crippen LogP contribution < -0.4 is 4.74 Å². The second kappa shape index (κ2) is 7.19. The van der Waals surface area contributed by atoms with Gasteiger partial charge in [-0.2, -0.15) is 0 Å². The molecule has 6 heteroatoms. The van der Waals surface area contributed by atoms with Crippen molar-refractivity contribution in [2.45, 2.75) is 6.92 Å². The first-order valence-corrected chi connectivity index (χ1v) is 7.81. The van der Waals surface area contributed by atoms with Gasteiger partial charge in [0.05, 0.1) is 18.0 Å². The average molecular weight is 343 g/mol. The summed E-state index contributed by atoms with van der Waals surface area (Å²) in [6.45, 7) is 1.95. The normalized spacial score (nSPS) is 10.4. The number of hydrogen-bond acceptors (Lipinski definition) is 4. The molecule has 0 radical (unpaired) electrons. The molecule has 0 atom stereocenters. The molecule has 3 aromatic rings. The Morgan fingerprint density at radius 1 is 1.12 bits per heavy atom. The zero-order chi connectivity index (χ0) is 16.9. The van der Waals surface area contributed by atoms with E-state index in [4.69, 9.17) is 21.1 Å². The molecule has 0 saturated carbocycles. The molecule has 0 fully saturated rings. The third-order valence-corrected chi connectivity index (χ3v) is 3.49. The zero-order valence-corrected chi connectivity index (χ0v) is 13.7. The Balaban J connectivity index is 2.05. The Morgan fingerprint density at radius 2 is 1.92 bits per heavy atom. The number of hydrogen-bond donors (Lipinski definition) is 0. The van der Waals surface area contributed by atoms with Crippen LogP contribution in [0.15, 0.2) is 60.7 Å². The Morgan fingerprint density at radius 3 is 2.62 bits per heavy atom. The van der Waals surface area contributed by atoms with Crippen molar-refractivity contribution in [2.24, 2.45) is 0 Å². The molecule has 0 amide bonds. The second-order valence-corrected chi connectivity index (χ2v) is 5.35. The molecule has 0 spiro atoms. The lowest BCUT2D eigenvalue weighted by molar-refractivity contribution is 0.102. The van der Waals surface area contributed by atoms with E-state index in [0.29, 0.717) is 5.02 Å². The first-order valence-electron chi connectivity index (χ1n) is 7.43. The first kappa shape index (κ1) is 16.1. The molecule has 0 aliphatic rings. The number of carbonyl (C=O) groups is 1. The predicted octanol–water partition coefficient (Wildman–Crippen LogP) is 4.73. The molecule has 0 saturated heterocycles. The third-order valence-electron chi connectivity index (χ3n) is 3.26. The molecule has 122 valence electrons. The minimum absolute atomic E-state index is 0.160. The van der Waals surface area contributed by atoms with Gasteiger partial charge in [-0.15, -0.1) is 5.10 Å². The summed E-state index contributed by atoms with van der Waals surface area (Å²) in [5.41, 5.74) is 2.47. The van der Waals surface area contributed by atoms with Crippen molar-refractivity contribution >= 4 is 17.8 Å². The van der Waals surface area contributed by atoms with Crippen LogP contribution in [0.1, 0.15) is 6.92 Å². The maximum absolute atomic E-state index is 11.5. The molecule has 5 nitrogen and oxygen atoms in total. The van der Waals surface area contributed by atoms with E-state index in [2.05, 4.69) is 5.10 Å². The van der Waals surface area contributed by atoms with Gasteiger partial charge in [-0.25, -0.2) is 9.48 Å². The number of halogens is 1. The first-order chi connectivity index (χ1) is 11.7. The minimum atomic E-state index is -0.784. The summed E-state index contributed by atoms with van der Waals surface area (Å²) in [6.07, 6.45) is -0.784. The highest BCUT2D eigenvalue weighted by Crippen LogP contribution is 2.28. The van der Waals surface area contributed by atoms with Crippen LogP contribution in [0.3, 0.4) is 0 Å². The van der Waals surface area contributed by atoms with E-state index in [1.54, 1.807) is 29.8 Å². The van der Waals surface area contributed by atoms with Crippen molar-refractivity contribution in [1.29, 1.82) is 0 Å². The SMILES string of the molecule is CCOC(=O)Oc1cc(-c2ccccc2)n(-c2cccc(Cl)c2)n1. The van der Waals surface area contributed by atoms with Gasteiger partial charge in [0.2, 0.25) is 5.88 Å². The summed E-state index contributed by atoms with van der Waals surface area (Å²) in [7, 11) is 0. The molecule has 0 unspecified atom stereocenters. The van der Waals surface area contributed by atoms with Crippen LogP contribution in [-0.2, 0) is 4.74 Å². The van der Waals surface area contributed by atoms with Gasteiger partial charge in [-0.1, -0.05) is 48.0 Å². The highest BCUT2D eigenvalue weighted by Gasteiger charge is 2.15. The standard InChI is InChI=1S/C18H15ClN2O3/c1-2-23-18(22)24-17-12-16(13-7-4-3-5-8-13)21(20-17)15-10-6-9-14(19)11-15/h3-12H,2H2,1H3. The Labute approximate surface area is 144 Å². The molecule has 1 heterocycles. The van der Waals surface area contributed by atoms with Crippen LogP contribution in [0, 0.1) is 0 Å². The molecule has 24 heavy (non-hydrogen) atoms. The van der Waals surface area contributed by atoms with E-state index in [1.807, 2.05) is 42.5 Å². The average Bonchev–Trinajstić information content (AvgIpc) is 2.99. The van der Waals surface area contributed by atoms with Crippen LogP contribution >= 0.6 is 11.6 Å². The van der Waals surface area contributed by atoms with Crippen molar-refractivity contribution < 1.29 is 14.3 Å². The Bertz CT molecular complexity index is 846. The van der Waals surface area contributed by atoms with E-state index in [0.717, 1.165) is 16.9 Å². The molecule has 0 aliphatic heterocycles. The van der Waals surface area contributed by atoms with Gasteiger partial charge in [0.25, 0.3) is 0 Å². The maximum Gasteiger partial charge on any atom is 0.515 e. The zero-order valence-electron chi connectivity index (χ0n) is 13.0. The van der Waals surface area contributed by atoms with Crippen LogP contribution in [0.25, 0.3) is 16.9 Å². The van der Waals surface area contributed by atoms with Gasteiger partial charge < -0.3 is 9.47 Å². The molecule has 0 N–H and O–H groups in total. The van der Waals surface area contributed by atoms with E-state index in [-0.39, 0.29) is 12.5 Å². The molecular weight excluding hydrogens is 328 g/mol. The number of aromatic nitrogens is 2. The summed E-state index contributed by atoms with van der Waals surface area (Å²) >= 11 is 6.08. The largest absolute Gasteiger partial charge is 0.515 e. The summed E-state index contributed by atoms with van der Waals surface area (Å²) in [5.74, 6) is 0.160. The number of ether oxygens (including phenoxy) is 2. The molecular formula is C18H15ClN2O3. The second-order valence-electron chi connectivity index (χ2n) is 4.91. The van der Waals surface area contributed by atoms with Gasteiger partial charge in [-0.3, -0.25) is 0 Å². The van der Waals surface area contributed by atoms with E-state index >= 15 is 0 Å². The smallest absolute Gasteiger partial charge is 0.434 e. The van der Waals surface area contributed by atoms with Crippen LogP contribution in [0.2, 0.25) is 5.02 Å². The lowest BCUT2D eigenvalue weighted by atomic mass is 10.1. The highest BCUT2D eigenvalue weighted by atomic mass is 35.5. The molecule has 2 aromatic carbocycles. The fourth-order valence-corrected chi connectivity index (χ4v) is 2.45. The van der Waals surface area contributed by atoms with Crippen molar-refractivity contribution in [2.75, 3.05) is 6.61 Å². The van der Waals surface area contributed by atoms with Crippen molar-refractivity contribution in [3.8, 4) is 22.8 Å². The van der Waals surface area contributed by atoms with Gasteiger partial charge in [0.15, 0.2) is 0 Å². The van der Waals surface area contributed by atoms with E-state index in [9.17, 15) is 4.79 Å². The van der Waals surface area contributed by atoms with Crippen molar-refractivity contribution in [3.05, 3.63) is 65.7 Å². The summed E-state index contributed by atoms with van der Waals surface area (Å²) < 4.78 is 11.6. The van der Waals surface area contributed by atoms with Crippen LogP contribution in [0.4, 0.5) is 4.79 Å². The summed E-state index contributed by atoms with van der Waals surface area (Å²) in [5, 5.41) is 4.95. The number of rotatable bonds is 4. The molecule has 3 rings (SSSR count). The Hall–Kier alpha value is -2.79. The van der Waals surface area contributed by atoms with E-state index in [1.165, 1.54) is 0 Å². The molecule has 1 aromatic heterocycles. The monoisotopic (exact) mass is 342 g/mol. The summed E-state index contributed by atoms with van der Waals surface area (Å²) in [6, 6.07) is 18.7. The lowest BCUT2D eigenvalue weighted by Gasteiger charge is -2.07. The van der Waals surface area contributed by atoms with Gasteiger partial charge in [0, 0.05) is 16.7 Å². The quantitative estimate of drug-likeness (QED) is 0.643. The van der Waals surface area contributed by atoms with Crippen LogP contribution in [-0.4, -0.2) is 22.5 Å². The predicted molar refractivity (Wildman–Crippen MR) is 91.7 cm³/mol. The fourth-order valence-electron chi connectivity index (χ4n) is 2.26. The van der Waals surface area contributed by atoms with Gasteiger partial charge in [0.1, 0.15) is 0 Å². The minimum Gasteiger partial charge on any atom is -0.434 e. The topological polar surface area (TPSA) is 53.4 Å². The summed E-state index contributed by atoms with van der Waals surface area (Å²) in [4.78, 5) is 11.5.